The van der Waals surface area contributed by atoms with Crippen LogP contribution >= 0.6 is 0 Å². The molecular weight excluding hydrogens is 520 g/mol. The van der Waals surface area contributed by atoms with Gasteiger partial charge in [-0.05, 0) is 35.6 Å². The van der Waals surface area contributed by atoms with Crippen molar-refractivity contribution in [3.8, 4) is 17.6 Å². The summed E-state index contributed by atoms with van der Waals surface area (Å²) >= 11 is 0. The number of nitriles is 1. The van der Waals surface area contributed by atoms with Gasteiger partial charge in [0, 0.05) is 11.6 Å². The van der Waals surface area contributed by atoms with Gasteiger partial charge in [-0.25, -0.2) is 13.6 Å². The Morgan fingerprint density at radius 2 is 1.66 bits per heavy atom. The number of benzene rings is 2. The Labute approximate surface area is 214 Å². The topological polar surface area (TPSA) is 85.6 Å². The molecule has 204 valence electrons. The van der Waals surface area contributed by atoms with Crippen molar-refractivity contribution < 1.29 is 50.1 Å². The number of rotatable bonds is 8. The van der Waals surface area contributed by atoms with Gasteiger partial charge in [0.1, 0.15) is 17.6 Å². The lowest BCUT2D eigenvalue weighted by atomic mass is 10.1. The summed E-state index contributed by atoms with van der Waals surface area (Å²) < 4.78 is 83.4. The number of halogens is 6. The largest absolute Gasteiger partial charge is 0.457 e. The fourth-order valence-corrected chi connectivity index (χ4v) is 3.60. The lowest BCUT2D eigenvalue weighted by Gasteiger charge is -2.13. The van der Waals surface area contributed by atoms with E-state index in [1.807, 2.05) is 12.1 Å². The lowest BCUT2D eigenvalue weighted by molar-refractivity contribution is -0.256. The number of hydrogen-bond acceptors (Lipinski definition) is 6. The molecule has 38 heavy (non-hydrogen) atoms. The first kappa shape index (κ1) is 30.2. The summed E-state index contributed by atoms with van der Waals surface area (Å²) in [6.07, 6.45) is -8.50. The summed E-state index contributed by atoms with van der Waals surface area (Å²) in [4.78, 5) is 24.2. The maximum absolute atomic E-state index is 12.8. The molecule has 1 aliphatic carbocycles. The average Bonchev–Trinajstić information content (AvgIpc) is 3.42. The molecule has 3 rings (SSSR count). The highest BCUT2D eigenvalue weighted by Gasteiger charge is 2.61. The monoisotopic (exact) mass is 543 g/mol. The number of allylic oxidation sites excluding steroid dienone is 1. The molecular formula is C26H23F6NO5. The molecule has 12 heteroatoms. The Morgan fingerprint density at radius 1 is 1.05 bits per heavy atom. The van der Waals surface area contributed by atoms with E-state index in [1.165, 1.54) is 6.08 Å². The van der Waals surface area contributed by atoms with E-state index < -0.39 is 54.8 Å². The minimum absolute atomic E-state index is 0.379. The second-order valence-electron chi connectivity index (χ2n) is 8.51. The molecule has 4 unspecified atom stereocenters. The Bertz CT molecular complexity index is 1160. The zero-order valence-electron chi connectivity index (χ0n) is 20.1. The third-order valence-corrected chi connectivity index (χ3v) is 5.57. The molecule has 0 bridgehead atoms. The van der Waals surface area contributed by atoms with Crippen molar-refractivity contribution in [3.63, 3.8) is 0 Å². The molecule has 0 aromatic heterocycles. The molecule has 6 nitrogen and oxygen atoms in total. The summed E-state index contributed by atoms with van der Waals surface area (Å²) in [5.41, 5.74) is -0.324. The number of nitrogens with zero attached hydrogens (tertiary/aromatic N) is 1. The van der Waals surface area contributed by atoms with Crippen LogP contribution in [0.3, 0.4) is 0 Å². The second kappa shape index (κ2) is 13.0. The number of hydrogen-bond donors (Lipinski definition) is 0. The molecule has 2 aromatic rings. The zero-order chi connectivity index (χ0) is 28.5. The number of para-hydroxylation sites is 1. The maximum atomic E-state index is 12.8. The van der Waals surface area contributed by atoms with Crippen LogP contribution in [-0.2, 0) is 19.1 Å². The SMILES string of the molecule is CC1(C)C(/C=C/C(=O)OC(F)C(F)(F)F)C1C(=O)OC(C#N)c1cccc(Oc2ccccc2)c1.FCF. The van der Waals surface area contributed by atoms with Crippen LogP contribution in [0.2, 0.25) is 0 Å². The van der Waals surface area contributed by atoms with Crippen molar-refractivity contribution in [2.24, 2.45) is 17.3 Å². The normalized spacial score (nSPS) is 19.2. The Balaban J connectivity index is 0.00000161. The summed E-state index contributed by atoms with van der Waals surface area (Å²) in [5.74, 6) is -2.60. The summed E-state index contributed by atoms with van der Waals surface area (Å²) in [6, 6.07) is 17.3. The van der Waals surface area contributed by atoms with Crippen LogP contribution in [0, 0.1) is 28.6 Å². The fourth-order valence-electron chi connectivity index (χ4n) is 3.60. The van der Waals surface area contributed by atoms with E-state index in [-0.39, 0.29) is 0 Å². The van der Waals surface area contributed by atoms with Crippen molar-refractivity contribution in [1.82, 2.24) is 0 Å². The van der Waals surface area contributed by atoms with Crippen molar-refractivity contribution in [1.29, 1.82) is 5.26 Å². The van der Waals surface area contributed by atoms with Gasteiger partial charge in [0.05, 0.1) is 5.92 Å². The van der Waals surface area contributed by atoms with E-state index in [0.29, 0.717) is 23.1 Å². The zero-order valence-corrected chi connectivity index (χ0v) is 20.1. The molecule has 0 amide bonds. The van der Waals surface area contributed by atoms with Crippen LogP contribution in [0.1, 0.15) is 25.5 Å². The van der Waals surface area contributed by atoms with Crippen molar-refractivity contribution >= 4 is 11.9 Å². The van der Waals surface area contributed by atoms with E-state index in [1.54, 1.807) is 62.4 Å². The van der Waals surface area contributed by atoms with Gasteiger partial charge in [0.25, 0.3) is 0 Å². The molecule has 1 saturated carbocycles. The van der Waals surface area contributed by atoms with Gasteiger partial charge >= 0.3 is 24.5 Å². The van der Waals surface area contributed by atoms with Gasteiger partial charge < -0.3 is 14.2 Å². The van der Waals surface area contributed by atoms with Gasteiger partial charge in [-0.2, -0.15) is 22.8 Å². The Morgan fingerprint density at radius 3 is 2.24 bits per heavy atom. The van der Waals surface area contributed by atoms with Crippen molar-refractivity contribution in [2.45, 2.75) is 32.5 Å². The molecule has 0 radical (unpaired) electrons. The number of carbonyl (C=O) groups excluding carboxylic acids is 2. The summed E-state index contributed by atoms with van der Waals surface area (Å²) in [6.45, 7) is 1.62. The fraction of sp³-hybridized carbons (Fsp3) is 0.346. The molecule has 0 N–H and O–H groups in total. The van der Waals surface area contributed by atoms with E-state index in [9.17, 15) is 41.2 Å². The summed E-state index contributed by atoms with van der Waals surface area (Å²) in [7, 11) is 0. The van der Waals surface area contributed by atoms with E-state index >= 15 is 0 Å². The van der Waals surface area contributed by atoms with Gasteiger partial charge in [-0.3, -0.25) is 4.79 Å². The van der Waals surface area contributed by atoms with Crippen LogP contribution in [0.15, 0.2) is 66.7 Å². The molecule has 2 aromatic carbocycles. The molecule has 4 atom stereocenters. The van der Waals surface area contributed by atoms with Crippen LogP contribution in [0.4, 0.5) is 26.3 Å². The second-order valence-corrected chi connectivity index (χ2v) is 8.51. The lowest BCUT2D eigenvalue weighted by Crippen LogP contribution is -2.29. The van der Waals surface area contributed by atoms with Crippen LogP contribution in [0.25, 0.3) is 0 Å². The molecule has 0 heterocycles. The highest BCUT2D eigenvalue weighted by Crippen LogP contribution is 2.59. The van der Waals surface area contributed by atoms with Gasteiger partial charge in [-0.15, -0.1) is 0 Å². The molecule has 0 saturated heterocycles. The maximum Gasteiger partial charge on any atom is 0.457 e. The molecule has 1 fully saturated rings. The minimum Gasteiger partial charge on any atom is -0.457 e. The van der Waals surface area contributed by atoms with Gasteiger partial charge in [0.15, 0.2) is 0 Å². The third-order valence-electron chi connectivity index (χ3n) is 5.57. The average molecular weight is 543 g/mol. The van der Waals surface area contributed by atoms with Crippen molar-refractivity contribution in [2.75, 3.05) is 6.93 Å². The first-order valence-corrected chi connectivity index (χ1v) is 11.0. The van der Waals surface area contributed by atoms with Crippen molar-refractivity contribution in [3.05, 3.63) is 72.3 Å². The number of alkyl halides is 6. The summed E-state index contributed by atoms with van der Waals surface area (Å²) in [5, 5.41) is 9.56. The van der Waals surface area contributed by atoms with Crippen LogP contribution in [-0.4, -0.2) is 31.4 Å². The highest BCUT2D eigenvalue weighted by molar-refractivity contribution is 5.83. The number of ether oxygens (including phenoxy) is 3. The predicted octanol–water partition coefficient (Wildman–Crippen LogP) is 6.70. The first-order chi connectivity index (χ1) is 17.8. The third kappa shape index (κ3) is 8.26. The quantitative estimate of drug-likeness (QED) is 0.209. The van der Waals surface area contributed by atoms with Gasteiger partial charge in [0.2, 0.25) is 13.0 Å². The van der Waals surface area contributed by atoms with Crippen LogP contribution in [0.5, 0.6) is 11.5 Å². The molecule has 0 spiro atoms. The van der Waals surface area contributed by atoms with Gasteiger partial charge in [-0.1, -0.05) is 50.3 Å². The minimum atomic E-state index is -5.33. The molecule has 0 aliphatic heterocycles. The predicted molar refractivity (Wildman–Crippen MR) is 121 cm³/mol. The number of carbonyl (C=O) groups is 2. The van der Waals surface area contributed by atoms with Crippen LogP contribution < -0.4 is 4.74 Å². The molecule has 1 aliphatic rings. The Kier molecular flexibility index (Phi) is 10.3. The smallest absolute Gasteiger partial charge is 0.457 e. The first-order valence-electron chi connectivity index (χ1n) is 11.0. The van der Waals surface area contributed by atoms with E-state index in [4.69, 9.17) is 9.47 Å². The Hall–Kier alpha value is -4.01. The van der Waals surface area contributed by atoms with E-state index in [2.05, 4.69) is 4.74 Å². The van der Waals surface area contributed by atoms with E-state index in [0.717, 1.165) is 0 Å². The number of esters is 2. The standard InChI is InChI=1S/C25H21F4NO5.CH2F2/c1-24(2)18(11-12-20(31)35-23(26)25(27,28)29)21(24)22(32)34-19(14-30)15-7-6-10-17(13-15)33-16-8-4-3-5-9-16;2-1-3/h3-13,18-19,21,23H,1-2H3;1H2/b12-11+;. The highest BCUT2D eigenvalue weighted by atomic mass is 19.4.